The SMILES string of the molecule is C=CCCCCC.Nc1ccn([C@H]2C[C@H](O)[C@@H](COP(=O)(O)OP(=O)(O)OP(=O)(O)O)O2)c(=O)n1. The van der Waals surface area contributed by atoms with E-state index in [1.54, 1.807) is 0 Å². The summed E-state index contributed by atoms with van der Waals surface area (Å²) in [5.41, 5.74) is 4.58. The van der Waals surface area contributed by atoms with Crippen molar-refractivity contribution in [3.05, 3.63) is 35.4 Å². The summed E-state index contributed by atoms with van der Waals surface area (Å²) >= 11 is 0. The highest BCUT2D eigenvalue weighted by atomic mass is 31.3. The molecule has 0 aromatic carbocycles. The highest BCUT2D eigenvalue weighted by Gasteiger charge is 2.42. The summed E-state index contributed by atoms with van der Waals surface area (Å²) in [5.74, 6) is -0.0380. The molecule has 1 saturated heterocycles. The Labute approximate surface area is 200 Å². The standard InChI is InChI=1S/C9H16N3O13P3.C7H14/c10-7-1-2-12(9(14)11-7)8-3-5(13)6(23-8)4-22-27(18,19)25-28(20,21)24-26(15,16)17;1-3-5-7-6-4-2/h1-2,5-6,8,13H,3-4H2,(H,18,19)(H,20,21)(H2,10,11,14)(H2,15,16,17);3H,1,4-7H2,2H3/t5-,6+,8+;/m0./s1. The zero-order valence-corrected chi connectivity index (χ0v) is 21.4. The first-order chi connectivity index (χ1) is 16.1. The van der Waals surface area contributed by atoms with E-state index >= 15 is 0 Å². The van der Waals surface area contributed by atoms with Crippen molar-refractivity contribution >= 4 is 29.3 Å². The summed E-state index contributed by atoms with van der Waals surface area (Å²) in [5, 5.41) is 9.94. The number of nitrogen functional groups attached to an aromatic ring is 1. The molecule has 202 valence electrons. The van der Waals surface area contributed by atoms with E-state index in [1.165, 1.54) is 37.9 Å². The van der Waals surface area contributed by atoms with Gasteiger partial charge in [0.1, 0.15) is 18.1 Å². The van der Waals surface area contributed by atoms with Crippen LogP contribution in [0, 0.1) is 0 Å². The molecule has 19 heteroatoms. The summed E-state index contributed by atoms with van der Waals surface area (Å²) in [6, 6.07) is 1.30. The van der Waals surface area contributed by atoms with Crippen molar-refractivity contribution in [1.82, 2.24) is 9.55 Å². The van der Waals surface area contributed by atoms with Gasteiger partial charge in [0.15, 0.2) is 0 Å². The third-order valence-electron chi connectivity index (χ3n) is 4.20. The van der Waals surface area contributed by atoms with Crippen molar-refractivity contribution in [1.29, 1.82) is 0 Å². The lowest BCUT2D eigenvalue weighted by Gasteiger charge is -2.19. The molecule has 0 saturated carbocycles. The highest BCUT2D eigenvalue weighted by Crippen LogP contribution is 2.66. The van der Waals surface area contributed by atoms with Crippen LogP contribution in [0.15, 0.2) is 29.7 Å². The predicted molar refractivity (Wildman–Crippen MR) is 122 cm³/mol. The molecule has 1 aromatic heterocycles. The fourth-order valence-electron chi connectivity index (χ4n) is 2.69. The summed E-state index contributed by atoms with van der Waals surface area (Å²) in [6.45, 7) is 5.00. The Morgan fingerprint density at radius 1 is 1.23 bits per heavy atom. The first kappa shape index (κ1) is 31.8. The third kappa shape index (κ3) is 12.5. The minimum Gasteiger partial charge on any atom is -0.390 e. The van der Waals surface area contributed by atoms with Crippen molar-refractivity contribution in [2.45, 2.75) is 57.5 Å². The maximum absolute atomic E-state index is 11.8. The molecule has 1 aliphatic rings. The topological polar surface area (TPSA) is 250 Å². The molecule has 5 atom stereocenters. The van der Waals surface area contributed by atoms with Crippen LogP contribution in [0.5, 0.6) is 0 Å². The molecule has 0 aliphatic carbocycles. The zero-order valence-electron chi connectivity index (χ0n) is 18.7. The van der Waals surface area contributed by atoms with E-state index in [1.807, 2.05) is 6.08 Å². The van der Waals surface area contributed by atoms with Crippen LogP contribution in [0.2, 0.25) is 0 Å². The monoisotopic (exact) mass is 565 g/mol. The Kier molecular flexibility index (Phi) is 12.6. The summed E-state index contributed by atoms with van der Waals surface area (Å²) in [7, 11) is -16.5. The van der Waals surface area contributed by atoms with E-state index in [9.17, 15) is 28.5 Å². The van der Waals surface area contributed by atoms with Crippen LogP contribution >= 0.6 is 23.5 Å². The quantitative estimate of drug-likeness (QED) is 0.119. The van der Waals surface area contributed by atoms with Crippen LogP contribution in [0.3, 0.4) is 0 Å². The number of unbranched alkanes of at least 4 members (excludes halogenated alkanes) is 3. The van der Waals surface area contributed by atoms with Gasteiger partial charge in [0.2, 0.25) is 0 Å². The van der Waals surface area contributed by atoms with E-state index in [-0.39, 0.29) is 12.2 Å². The molecule has 2 unspecified atom stereocenters. The van der Waals surface area contributed by atoms with Gasteiger partial charge >= 0.3 is 29.2 Å². The lowest BCUT2D eigenvalue weighted by Crippen LogP contribution is -2.28. The molecular weight excluding hydrogens is 535 g/mol. The van der Waals surface area contributed by atoms with E-state index in [2.05, 4.69) is 31.6 Å². The molecule has 1 aromatic rings. The fraction of sp³-hybridized carbons (Fsp3) is 0.625. The first-order valence-corrected chi connectivity index (χ1v) is 14.7. The van der Waals surface area contributed by atoms with Gasteiger partial charge in [0.25, 0.3) is 0 Å². The van der Waals surface area contributed by atoms with Gasteiger partial charge in [-0.1, -0.05) is 25.8 Å². The van der Waals surface area contributed by atoms with Crippen molar-refractivity contribution in [3.8, 4) is 0 Å². The highest BCUT2D eigenvalue weighted by molar-refractivity contribution is 7.66. The van der Waals surface area contributed by atoms with Crippen molar-refractivity contribution in [2.24, 2.45) is 0 Å². The summed E-state index contributed by atoms with van der Waals surface area (Å²) in [4.78, 5) is 50.5. The number of phosphoric ester groups is 1. The van der Waals surface area contributed by atoms with Crippen LogP contribution in [0.1, 0.15) is 45.3 Å². The number of allylic oxidation sites excluding steroid dienone is 1. The lowest BCUT2D eigenvalue weighted by atomic mass is 10.2. The summed E-state index contributed by atoms with van der Waals surface area (Å²) < 4.78 is 51.2. The molecule has 7 N–H and O–H groups in total. The van der Waals surface area contributed by atoms with Crippen LogP contribution < -0.4 is 11.4 Å². The van der Waals surface area contributed by atoms with Gasteiger partial charge in [-0.3, -0.25) is 9.09 Å². The number of aliphatic hydroxyl groups is 1. The van der Waals surface area contributed by atoms with Gasteiger partial charge < -0.3 is 35.2 Å². The van der Waals surface area contributed by atoms with Crippen molar-refractivity contribution in [2.75, 3.05) is 12.3 Å². The number of ether oxygens (including phenoxy) is 1. The Morgan fingerprint density at radius 3 is 2.43 bits per heavy atom. The molecule has 0 spiro atoms. The number of aliphatic hydroxyl groups excluding tert-OH is 1. The minimum absolute atomic E-state index is 0.0380. The zero-order chi connectivity index (χ0) is 26.9. The number of nitrogens with two attached hydrogens (primary N) is 1. The number of hydrogen-bond acceptors (Lipinski definition) is 11. The maximum Gasteiger partial charge on any atom is 0.490 e. The maximum atomic E-state index is 11.8. The molecule has 1 fully saturated rings. The molecule has 1 aliphatic heterocycles. The van der Waals surface area contributed by atoms with Gasteiger partial charge in [-0.25, -0.2) is 18.5 Å². The number of hydrogen-bond donors (Lipinski definition) is 6. The van der Waals surface area contributed by atoms with Gasteiger partial charge in [-0.15, -0.1) is 6.58 Å². The van der Waals surface area contributed by atoms with E-state index in [0.717, 1.165) is 4.57 Å². The smallest absolute Gasteiger partial charge is 0.390 e. The second-order valence-electron chi connectivity index (χ2n) is 7.15. The molecule has 2 rings (SSSR count). The summed E-state index contributed by atoms with van der Waals surface area (Å²) in [6.07, 6.45) is 4.73. The van der Waals surface area contributed by atoms with Gasteiger partial charge in [0.05, 0.1) is 12.7 Å². The average molecular weight is 565 g/mol. The average Bonchev–Trinajstić information content (AvgIpc) is 3.05. The molecule has 0 bridgehead atoms. The lowest BCUT2D eigenvalue weighted by molar-refractivity contribution is -0.0449. The largest absolute Gasteiger partial charge is 0.490 e. The van der Waals surface area contributed by atoms with Gasteiger partial charge in [0, 0.05) is 12.6 Å². The molecule has 0 amide bonds. The Bertz CT molecular complexity index is 1030. The Balaban J connectivity index is 0.000000762. The van der Waals surface area contributed by atoms with Gasteiger partial charge in [-0.05, 0) is 18.9 Å². The third-order valence-corrected chi connectivity index (χ3v) is 8.00. The second kappa shape index (κ2) is 13.9. The van der Waals surface area contributed by atoms with E-state index < -0.39 is 54.2 Å². The van der Waals surface area contributed by atoms with Crippen molar-refractivity contribution in [3.63, 3.8) is 0 Å². The molecular formula is C16H30N3O13P3. The first-order valence-electron chi connectivity index (χ1n) is 10.2. The number of phosphoric acid groups is 3. The molecule has 35 heavy (non-hydrogen) atoms. The predicted octanol–water partition coefficient (Wildman–Crippen LogP) is 1.57. The molecule has 2 heterocycles. The normalized spacial score (nSPS) is 23.5. The molecule has 0 radical (unpaired) electrons. The number of anilines is 1. The second-order valence-corrected chi connectivity index (χ2v) is 11.6. The van der Waals surface area contributed by atoms with E-state index in [0.29, 0.717) is 0 Å². The van der Waals surface area contributed by atoms with Gasteiger partial charge in [-0.2, -0.15) is 13.6 Å². The number of nitrogens with zero attached hydrogens (tertiary/aromatic N) is 2. The minimum atomic E-state index is -5.65. The van der Waals surface area contributed by atoms with E-state index in [4.69, 9.17) is 25.2 Å². The fourth-order valence-corrected chi connectivity index (χ4v) is 5.72. The molecule has 16 nitrogen and oxygen atoms in total. The van der Waals surface area contributed by atoms with Crippen LogP contribution in [0.4, 0.5) is 5.82 Å². The van der Waals surface area contributed by atoms with Crippen LogP contribution in [-0.4, -0.2) is 53.0 Å². The Hall–Kier alpha value is -1.25. The number of aromatic nitrogens is 2. The van der Waals surface area contributed by atoms with Crippen molar-refractivity contribution < 1.29 is 56.3 Å². The van der Waals surface area contributed by atoms with Crippen LogP contribution in [0.25, 0.3) is 0 Å². The van der Waals surface area contributed by atoms with Crippen LogP contribution in [-0.2, 0) is 31.6 Å². The number of rotatable bonds is 12. The Morgan fingerprint density at radius 2 is 1.89 bits per heavy atom.